The summed E-state index contributed by atoms with van der Waals surface area (Å²) in [4.78, 5) is 0. The number of ether oxygens (including phenoxy) is 1. The predicted octanol–water partition coefficient (Wildman–Crippen LogP) is 3.70. The highest BCUT2D eigenvalue weighted by molar-refractivity contribution is 6.30. The van der Waals surface area contributed by atoms with E-state index in [1.807, 2.05) is 12.1 Å². The maximum Gasteiger partial charge on any atom is 0.127 e. The second-order valence-corrected chi connectivity index (χ2v) is 5.80. The summed E-state index contributed by atoms with van der Waals surface area (Å²) < 4.78 is 5.73. The van der Waals surface area contributed by atoms with Gasteiger partial charge in [-0.3, -0.25) is 0 Å². The van der Waals surface area contributed by atoms with Crippen LogP contribution in [0.25, 0.3) is 0 Å². The summed E-state index contributed by atoms with van der Waals surface area (Å²) in [6, 6.07) is 4.75. The molecule has 3 rings (SSSR count). The first kappa shape index (κ1) is 12.3. The Kier molecular flexibility index (Phi) is 3.76. The van der Waals surface area contributed by atoms with Crippen molar-refractivity contribution in [2.45, 2.75) is 51.1 Å². The molecule has 0 atom stereocenters. The molecular weight excluding hydrogens is 246 g/mol. The van der Waals surface area contributed by atoms with Gasteiger partial charge in [-0.25, -0.2) is 0 Å². The van der Waals surface area contributed by atoms with E-state index < -0.39 is 0 Å². The first-order valence-corrected chi connectivity index (χ1v) is 7.38. The third-order valence-electron chi connectivity index (χ3n) is 4.01. The molecule has 2 aliphatic rings. The van der Waals surface area contributed by atoms with Crippen molar-refractivity contribution < 1.29 is 4.74 Å². The van der Waals surface area contributed by atoms with Gasteiger partial charge in [0.1, 0.15) is 5.75 Å². The lowest BCUT2D eigenvalue weighted by Gasteiger charge is -2.23. The summed E-state index contributed by atoms with van der Waals surface area (Å²) in [6.07, 6.45) is 7.73. The number of nitrogens with one attached hydrogen (secondary N) is 1. The van der Waals surface area contributed by atoms with Gasteiger partial charge in [-0.05, 0) is 30.5 Å². The fourth-order valence-electron chi connectivity index (χ4n) is 3.04. The minimum absolute atomic E-state index is 0.676. The van der Waals surface area contributed by atoms with E-state index in [0.717, 1.165) is 30.3 Å². The number of halogens is 1. The highest BCUT2D eigenvalue weighted by Gasteiger charge is 2.19. The third-order valence-corrected chi connectivity index (χ3v) is 4.23. The molecule has 3 heteroatoms. The van der Waals surface area contributed by atoms with Gasteiger partial charge >= 0.3 is 0 Å². The summed E-state index contributed by atoms with van der Waals surface area (Å²) in [6.45, 7) is 1.68. The molecule has 98 valence electrons. The second-order valence-electron chi connectivity index (χ2n) is 5.37. The van der Waals surface area contributed by atoms with Crippen LogP contribution in [-0.4, -0.2) is 12.6 Å². The number of rotatable bonds is 3. The van der Waals surface area contributed by atoms with E-state index in [9.17, 15) is 0 Å². The highest BCUT2D eigenvalue weighted by atomic mass is 35.5. The Morgan fingerprint density at radius 2 is 2.06 bits per heavy atom. The largest absolute Gasteiger partial charge is 0.493 e. The zero-order chi connectivity index (χ0) is 12.4. The van der Waals surface area contributed by atoms with Crippen LogP contribution in [0.15, 0.2) is 12.1 Å². The molecule has 0 spiro atoms. The number of fused-ring (bicyclic) bond motifs is 1. The number of hydrogen-bond acceptors (Lipinski definition) is 2. The van der Waals surface area contributed by atoms with Gasteiger partial charge in [0.05, 0.1) is 6.61 Å². The SMILES string of the molecule is Clc1cc2c(c(CNC3CCCCC3)c1)OCC2. The van der Waals surface area contributed by atoms with Crippen molar-refractivity contribution in [2.24, 2.45) is 0 Å². The minimum Gasteiger partial charge on any atom is -0.493 e. The van der Waals surface area contributed by atoms with E-state index in [1.54, 1.807) is 0 Å². The summed E-state index contributed by atoms with van der Waals surface area (Å²) in [7, 11) is 0. The van der Waals surface area contributed by atoms with Crippen LogP contribution in [0, 0.1) is 0 Å². The molecule has 0 radical (unpaired) electrons. The summed E-state index contributed by atoms with van der Waals surface area (Å²) >= 11 is 6.17. The predicted molar refractivity (Wildman–Crippen MR) is 74.4 cm³/mol. The summed E-state index contributed by atoms with van der Waals surface area (Å²) in [5, 5.41) is 4.49. The van der Waals surface area contributed by atoms with Gasteiger partial charge in [0.25, 0.3) is 0 Å². The van der Waals surface area contributed by atoms with Gasteiger partial charge in [-0.15, -0.1) is 0 Å². The van der Waals surface area contributed by atoms with Crippen LogP contribution in [0.2, 0.25) is 5.02 Å². The Morgan fingerprint density at radius 3 is 2.89 bits per heavy atom. The van der Waals surface area contributed by atoms with Crippen molar-refractivity contribution in [1.82, 2.24) is 5.32 Å². The van der Waals surface area contributed by atoms with Crippen LogP contribution in [0.5, 0.6) is 5.75 Å². The second kappa shape index (κ2) is 5.50. The molecule has 1 aliphatic heterocycles. The fraction of sp³-hybridized carbons (Fsp3) is 0.600. The molecule has 1 N–H and O–H groups in total. The Hall–Kier alpha value is -0.730. The van der Waals surface area contributed by atoms with Crippen LogP contribution < -0.4 is 10.1 Å². The molecule has 0 saturated heterocycles. The fourth-order valence-corrected chi connectivity index (χ4v) is 3.30. The van der Waals surface area contributed by atoms with Crippen LogP contribution in [0.4, 0.5) is 0 Å². The normalized spacial score (nSPS) is 19.6. The molecule has 0 amide bonds. The first-order valence-electron chi connectivity index (χ1n) is 7.00. The molecule has 0 aromatic heterocycles. The zero-order valence-corrected chi connectivity index (χ0v) is 11.4. The molecule has 1 aromatic carbocycles. The van der Waals surface area contributed by atoms with Crippen LogP contribution >= 0.6 is 11.6 Å². The number of hydrogen-bond donors (Lipinski definition) is 1. The van der Waals surface area contributed by atoms with Crippen LogP contribution in [0.1, 0.15) is 43.2 Å². The quantitative estimate of drug-likeness (QED) is 0.900. The summed E-state index contributed by atoms with van der Waals surface area (Å²) in [5.74, 6) is 1.07. The van der Waals surface area contributed by atoms with Crippen LogP contribution in [-0.2, 0) is 13.0 Å². The van der Waals surface area contributed by atoms with E-state index in [0.29, 0.717) is 6.04 Å². The van der Waals surface area contributed by atoms with E-state index in [4.69, 9.17) is 16.3 Å². The van der Waals surface area contributed by atoms with E-state index in [1.165, 1.54) is 43.2 Å². The molecular formula is C15H20ClNO. The lowest BCUT2D eigenvalue weighted by Crippen LogP contribution is -2.30. The maximum absolute atomic E-state index is 6.17. The molecule has 1 saturated carbocycles. The Bertz CT molecular complexity index is 427. The Balaban J connectivity index is 1.68. The summed E-state index contributed by atoms with van der Waals surface area (Å²) in [5.41, 5.74) is 2.49. The molecule has 1 aliphatic carbocycles. The van der Waals surface area contributed by atoms with E-state index >= 15 is 0 Å². The maximum atomic E-state index is 6.17. The topological polar surface area (TPSA) is 21.3 Å². The third kappa shape index (κ3) is 2.65. The molecule has 0 bridgehead atoms. The average Bonchev–Trinajstić information content (AvgIpc) is 2.85. The molecule has 0 unspecified atom stereocenters. The van der Waals surface area contributed by atoms with Crippen molar-refractivity contribution in [3.63, 3.8) is 0 Å². The molecule has 1 heterocycles. The number of benzene rings is 1. The van der Waals surface area contributed by atoms with E-state index in [-0.39, 0.29) is 0 Å². The Labute approximate surface area is 114 Å². The average molecular weight is 266 g/mol. The molecule has 1 aromatic rings. The molecule has 2 nitrogen and oxygen atoms in total. The van der Waals surface area contributed by atoms with E-state index in [2.05, 4.69) is 5.32 Å². The van der Waals surface area contributed by atoms with Gasteiger partial charge in [0, 0.05) is 29.6 Å². The molecule has 18 heavy (non-hydrogen) atoms. The standard InChI is InChI=1S/C15H20ClNO/c16-13-8-11-6-7-18-15(11)12(9-13)10-17-14-4-2-1-3-5-14/h8-9,14,17H,1-7,10H2. The molecule has 1 fully saturated rings. The lowest BCUT2D eigenvalue weighted by atomic mass is 9.95. The smallest absolute Gasteiger partial charge is 0.127 e. The first-order chi connectivity index (χ1) is 8.83. The Morgan fingerprint density at radius 1 is 1.22 bits per heavy atom. The lowest BCUT2D eigenvalue weighted by molar-refractivity contribution is 0.345. The van der Waals surface area contributed by atoms with Gasteiger partial charge < -0.3 is 10.1 Å². The monoisotopic (exact) mass is 265 g/mol. The zero-order valence-electron chi connectivity index (χ0n) is 10.7. The van der Waals surface area contributed by atoms with Crippen molar-refractivity contribution in [2.75, 3.05) is 6.61 Å². The van der Waals surface area contributed by atoms with Gasteiger partial charge in [-0.2, -0.15) is 0 Å². The van der Waals surface area contributed by atoms with Crippen molar-refractivity contribution in [3.05, 3.63) is 28.3 Å². The van der Waals surface area contributed by atoms with Crippen molar-refractivity contribution >= 4 is 11.6 Å². The van der Waals surface area contributed by atoms with Crippen molar-refractivity contribution in [1.29, 1.82) is 0 Å². The van der Waals surface area contributed by atoms with Gasteiger partial charge in [0.15, 0.2) is 0 Å². The minimum atomic E-state index is 0.676. The highest BCUT2D eigenvalue weighted by Crippen LogP contribution is 2.33. The van der Waals surface area contributed by atoms with Crippen LogP contribution in [0.3, 0.4) is 0 Å². The van der Waals surface area contributed by atoms with Crippen molar-refractivity contribution in [3.8, 4) is 5.75 Å². The van der Waals surface area contributed by atoms with Gasteiger partial charge in [0.2, 0.25) is 0 Å². The van der Waals surface area contributed by atoms with Gasteiger partial charge in [-0.1, -0.05) is 30.9 Å².